The molecule has 0 bridgehead atoms. The molecule has 0 aromatic heterocycles. The molecule has 0 aliphatic carbocycles. The van der Waals surface area contributed by atoms with Crippen LogP contribution in [0.5, 0.6) is 0 Å². The molecule has 0 saturated carbocycles. The van der Waals surface area contributed by atoms with E-state index in [1.165, 1.54) is 6.08 Å². The maximum absolute atomic E-state index is 10.6. The Bertz CT molecular complexity index is 683. The van der Waals surface area contributed by atoms with Gasteiger partial charge in [0.2, 0.25) is 0 Å². The lowest BCUT2D eigenvalue weighted by Gasteiger charge is -2.23. The largest absolute Gasteiger partial charge is 0.478 e. The average Bonchev–Trinajstić information content (AvgIpc) is 2.83. The smallest absolute Gasteiger partial charge is 0.328 e. The van der Waals surface area contributed by atoms with Gasteiger partial charge in [0.25, 0.3) is 0 Å². The maximum Gasteiger partial charge on any atom is 0.328 e. The summed E-state index contributed by atoms with van der Waals surface area (Å²) in [5.74, 6) is -0.639. The van der Waals surface area contributed by atoms with Crippen LogP contribution in [0.15, 0.2) is 60.8 Å². The standard InChI is InChI=1S/C27H44O8/c1-8-23(34-19-30-4)24(32-6)14-11-12-21(2)18-22(3)16-17-26(35-20-31-5)25(33-7)13-9-10-15-27(28)29/h8-10,13,15-18,21,23-26H,1,11-12,14,19-20H2,2-7H3,(H,28,29)/b13-9+,15-10+,17-16+,22-18+/t21?,23-,24+,25-,26+/m0/s1. The van der Waals surface area contributed by atoms with Crippen LogP contribution >= 0.6 is 0 Å². The number of hydrogen-bond donors (Lipinski definition) is 1. The van der Waals surface area contributed by atoms with E-state index in [4.69, 9.17) is 33.5 Å². The molecule has 0 aromatic rings. The zero-order valence-corrected chi connectivity index (χ0v) is 22.1. The Morgan fingerprint density at radius 3 is 2.09 bits per heavy atom. The zero-order valence-electron chi connectivity index (χ0n) is 22.1. The maximum atomic E-state index is 10.6. The second-order valence-electron chi connectivity index (χ2n) is 8.05. The number of rotatable bonds is 21. The van der Waals surface area contributed by atoms with Crippen LogP contribution in [-0.4, -0.2) is 77.5 Å². The van der Waals surface area contributed by atoms with Crippen molar-refractivity contribution in [1.82, 2.24) is 0 Å². The first-order valence-corrected chi connectivity index (χ1v) is 11.7. The molecule has 0 heterocycles. The molecule has 1 unspecified atom stereocenters. The van der Waals surface area contributed by atoms with Crippen LogP contribution in [0.3, 0.4) is 0 Å². The molecule has 1 N–H and O–H groups in total. The van der Waals surface area contributed by atoms with Crippen molar-refractivity contribution in [3.8, 4) is 0 Å². The van der Waals surface area contributed by atoms with Crippen molar-refractivity contribution < 1.29 is 38.3 Å². The molecule has 0 spiro atoms. The van der Waals surface area contributed by atoms with Crippen molar-refractivity contribution in [1.29, 1.82) is 0 Å². The second kappa shape index (κ2) is 21.2. The first-order chi connectivity index (χ1) is 16.8. The van der Waals surface area contributed by atoms with E-state index in [0.717, 1.165) is 30.9 Å². The van der Waals surface area contributed by atoms with Crippen LogP contribution in [0.2, 0.25) is 0 Å². The van der Waals surface area contributed by atoms with Crippen molar-refractivity contribution in [3.63, 3.8) is 0 Å². The van der Waals surface area contributed by atoms with Gasteiger partial charge < -0.3 is 33.5 Å². The Hall–Kier alpha value is -2.07. The van der Waals surface area contributed by atoms with Gasteiger partial charge in [0.1, 0.15) is 31.9 Å². The fourth-order valence-electron chi connectivity index (χ4n) is 3.41. The molecule has 0 aliphatic heterocycles. The lowest BCUT2D eigenvalue weighted by Crippen LogP contribution is -2.29. The molecule has 0 radical (unpaired) electrons. The van der Waals surface area contributed by atoms with Crippen molar-refractivity contribution in [2.75, 3.05) is 42.0 Å². The summed E-state index contributed by atoms with van der Waals surface area (Å²) in [6, 6.07) is 0. The highest BCUT2D eigenvalue weighted by molar-refractivity contribution is 5.80. The minimum atomic E-state index is -1.01. The fraction of sp³-hybridized carbons (Fsp3) is 0.593. The first-order valence-electron chi connectivity index (χ1n) is 11.7. The highest BCUT2D eigenvalue weighted by Gasteiger charge is 2.19. The van der Waals surface area contributed by atoms with Crippen LogP contribution in [-0.2, 0) is 33.2 Å². The number of allylic oxidation sites excluding steroid dienone is 5. The quantitative estimate of drug-likeness (QED) is 0.106. The molecule has 200 valence electrons. The molecule has 0 aromatic carbocycles. The van der Waals surface area contributed by atoms with Gasteiger partial charge in [-0.25, -0.2) is 4.79 Å². The topological polar surface area (TPSA) is 92.7 Å². The number of hydrogen-bond acceptors (Lipinski definition) is 7. The van der Waals surface area contributed by atoms with E-state index in [-0.39, 0.29) is 25.8 Å². The second-order valence-corrected chi connectivity index (χ2v) is 8.05. The normalized spacial score (nSPS) is 17.1. The third-order valence-corrected chi connectivity index (χ3v) is 5.15. The first kappa shape index (κ1) is 32.9. The van der Waals surface area contributed by atoms with E-state index in [9.17, 15) is 4.79 Å². The number of carbonyl (C=O) groups is 1. The summed E-state index contributed by atoms with van der Waals surface area (Å²) in [4.78, 5) is 10.6. The molecule has 0 aliphatic rings. The van der Waals surface area contributed by atoms with E-state index in [1.807, 2.05) is 19.1 Å². The predicted octanol–water partition coefficient (Wildman–Crippen LogP) is 4.69. The van der Waals surface area contributed by atoms with E-state index >= 15 is 0 Å². The van der Waals surface area contributed by atoms with Crippen molar-refractivity contribution in [2.45, 2.75) is 57.5 Å². The van der Waals surface area contributed by atoms with Crippen molar-refractivity contribution in [3.05, 3.63) is 60.8 Å². The lowest BCUT2D eigenvalue weighted by molar-refractivity contribution is -0.131. The highest BCUT2D eigenvalue weighted by Crippen LogP contribution is 2.18. The average molecular weight is 497 g/mol. The van der Waals surface area contributed by atoms with Crippen LogP contribution < -0.4 is 0 Å². The van der Waals surface area contributed by atoms with Crippen molar-refractivity contribution in [2.24, 2.45) is 5.92 Å². The van der Waals surface area contributed by atoms with Gasteiger partial charge in [-0.15, -0.1) is 6.58 Å². The van der Waals surface area contributed by atoms with Gasteiger partial charge in [-0.3, -0.25) is 0 Å². The summed E-state index contributed by atoms with van der Waals surface area (Å²) < 4.78 is 32.5. The number of methoxy groups -OCH3 is 4. The van der Waals surface area contributed by atoms with Gasteiger partial charge >= 0.3 is 5.97 Å². The number of aliphatic carboxylic acids is 1. The van der Waals surface area contributed by atoms with Gasteiger partial charge in [0.15, 0.2) is 0 Å². The summed E-state index contributed by atoms with van der Waals surface area (Å²) in [6.07, 6.45) is 15.5. The molecule has 0 rings (SSSR count). The molecule has 8 heteroatoms. The van der Waals surface area contributed by atoms with E-state index < -0.39 is 18.2 Å². The third kappa shape index (κ3) is 16.3. The lowest BCUT2D eigenvalue weighted by atomic mass is 9.98. The Balaban J connectivity index is 4.99. The van der Waals surface area contributed by atoms with Crippen LogP contribution in [0.25, 0.3) is 0 Å². The monoisotopic (exact) mass is 496 g/mol. The highest BCUT2D eigenvalue weighted by atomic mass is 16.7. The molecular formula is C27H44O8. The Kier molecular flexibility index (Phi) is 20.0. The fourth-order valence-corrected chi connectivity index (χ4v) is 3.41. The van der Waals surface area contributed by atoms with Crippen LogP contribution in [0, 0.1) is 5.92 Å². The summed E-state index contributed by atoms with van der Waals surface area (Å²) in [7, 11) is 6.39. The SMILES string of the molecule is C=C[C@H](OCOC)[C@@H](CCCC(C)/C=C(C)/C=C/[C@@H](OCOC)[C@H](/C=C/C=C/C(=O)O)OC)OC. The predicted molar refractivity (Wildman–Crippen MR) is 137 cm³/mol. The molecule has 5 atom stereocenters. The molecule has 35 heavy (non-hydrogen) atoms. The Labute approximate surface area is 210 Å². The van der Waals surface area contributed by atoms with E-state index in [2.05, 4.69) is 19.6 Å². The molecule has 8 nitrogen and oxygen atoms in total. The summed E-state index contributed by atoms with van der Waals surface area (Å²) in [6.45, 7) is 8.36. The van der Waals surface area contributed by atoms with Crippen LogP contribution in [0.4, 0.5) is 0 Å². The van der Waals surface area contributed by atoms with Gasteiger partial charge in [-0.2, -0.15) is 0 Å². The van der Waals surface area contributed by atoms with Crippen LogP contribution in [0.1, 0.15) is 33.1 Å². The molecule has 0 amide bonds. The molecule has 0 fully saturated rings. The number of carboxylic acids is 1. The zero-order chi connectivity index (χ0) is 26.5. The number of carboxylic acid groups (broad SMARTS) is 1. The Morgan fingerprint density at radius 2 is 1.54 bits per heavy atom. The summed E-state index contributed by atoms with van der Waals surface area (Å²) in [5, 5.41) is 8.71. The minimum Gasteiger partial charge on any atom is -0.478 e. The van der Waals surface area contributed by atoms with Gasteiger partial charge in [0, 0.05) is 34.5 Å². The molecule has 0 saturated heterocycles. The number of ether oxygens (including phenoxy) is 6. The van der Waals surface area contributed by atoms with Gasteiger partial charge in [-0.05, 0) is 25.7 Å². The van der Waals surface area contributed by atoms with Gasteiger partial charge in [0.05, 0.1) is 6.10 Å². The van der Waals surface area contributed by atoms with E-state index in [1.54, 1.807) is 46.7 Å². The minimum absolute atomic E-state index is 0.0668. The third-order valence-electron chi connectivity index (χ3n) is 5.15. The van der Waals surface area contributed by atoms with Crippen molar-refractivity contribution >= 4 is 5.97 Å². The Morgan fingerprint density at radius 1 is 0.886 bits per heavy atom. The molecular weight excluding hydrogens is 452 g/mol. The van der Waals surface area contributed by atoms with E-state index in [0.29, 0.717) is 5.92 Å². The van der Waals surface area contributed by atoms with Gasteiger partial charge in [-0.1, -0.05) is 61.4 Å². The summed E-state index contributed by atoms with van der Waals surface area (Å²) in [5.41, 5.74) is 1.10. The summed E-state index contributed by atoms with van der Waals surface area (Å²) >= 11 is 0.